The number of nitrogens with zero attached hydrogens (tertiary/aromatic N) is 2. The molecule has 0 amide bonds. The van der Waals surface area contributed by atoms with Gasteiger partial charge in [0.1, 0.15) is 0 Å². The van der Waals surface area contributed by atoms with Gasteiger partial charge in [-0.05, 0) is 60.4 Å². The molecule has 4 aromatic rings. The topological polar surface area (TPSA) is 132 Å². The van der Waals surface area contributed by atoms with Crippen LogP contribution in [0.25, 0.3) is 10.9 Å². The zero-order valence-corrected chi connectivity index (χ0v) is 21.6. The van der Waals surface area contributed by atoms with Crippen LogP contribution >= 0.6 is 0 Å². The summed E-state index contributed by atoms with van der Waals surface area (Å²) in [6, 6.07) is 14.0. The average Bonchev–Trinajstić information content (AvgIpc) is 3.46. The first kappa shape index (κ1) is 26.3. The van der Waals surface area contributed by atoms with Crippen LogP contribution in [0.2, 0.25) is 0 Å². The van der Waals surface area contributed by atoms with E-state index in [-0.39, 0.29) is 33.8 Å². The van der Waals surface area contributed by atoms with Crippen molar-refractivity contribution >= 4 is 40.8 Å². The van der Waals surface area contributed by atoms with Crippen molar-refractivity contribution < 1.29 is 38.4 Å². The SMILES string of the molecule is O=S(=O)(c1ccc2c(c1)CCC2NS(=O)(=O)C(F)(F)F)c1cc2ccccc2n1S(=O)(=O)c1ccccn1. The lowest BCUT2D eigenvalue weighted by atomic mass is 10.1. The number of sulfonamides is 1. The van der Waals surface area contributed by atoms with Crippen LogP contribution in [-0.2, 0) is 36.3 Å². The van der Waals surface area contributed by atoms with Crippen molar-refractivity contribution in [2.24, 2.45) is 0 Å². The molecule has 15 heteroatoms. The lowest BCUT2D eigenvalue weighted by Crippen LogP contribution is -2.38. The Balaban J connectivity index is 1.61. The number of para-hydroxylation sites is 1. The van der Waals surface area contributed by atoms with Gasteiger partial charge in [-0.3, -0.25) is 0 Å². The first-order valence-corrected chi connectivity index (χ1v) is 15.4. The Labute approximate surface area is 216 Å². The first-order valence-electron chi connectivity index (χ1n) is 11.0. The van der Waals surface area contributed by atoms with Crippen LogP contribution in [0, 0.1) is 0 Å². The lowest BCUT2D eigenvalue weighted by molar-refractivity contribution is -0.0451. The highest BCUT2D eigenvalue weighted by molar-refractivity contribution is 7.93. The van der Waals surface area contributed by atoms with Crippen LogP contribution in [0.15, 0.2) is 87.9 Å². The normalized spacial score (nSPS) is 16.6. The highest BCUT2D eigenvalue weighted by Crippen LogP contribution is 2.37. The van der Waals surface area contributed by atoms with Gasteiger partial charge in [-0.1, -0.05) is 30.3 Å². The van der Waals surface area contributed by atoms with Crippen molar-refractivity contribution in [3.8, 4) is 0 Å². The van der Waals surface area contributed by atoms with E-state index in [1.54, 1.807) is 22.9 Å². The van der Waals surface area contributed by atoms with Gasteiger partial charge in [-0.25, -0.2) is 25.8 Å². The first-order chi connectivity index (χ1) is 17.7. The number of aromatic nitrogens is 2. The van der Waals surface area contributed by atoms with Crippen molar-refractivity contribution in [2.45, 2.75) is 39.3 Å². The molecule has 0 bridgehead atoms. The number of halogens is 3. The summed E-state index contributed by atoms with van der Waals surface area (Å²) in [5.74, 6) is 0. The maximum Gasteiger partial charge on any atom is 0.511 e. The minimum Gasteiger partial charge on any atom is -0.243 e. The van der Waals surface area contributed by atoms with Crippen LogP contribution in [0.1, 0.15) is 23.6 Å². The van der Waals surface area contributed by atoms with Gasteiger partial charge in [0.15, 0.2) is 10.1 Å². The van der Waals surface area contributed by atoms with E-state index in [0.717, 1.165) is 6.07 Å². The summed E-state index contributed by atoms with van der Waals surface area (Å²) in [6.07, 6.45) is 1.36. The van der Waals surface area contributed by atoms with Crippen LogP contribution in [-0.4, -0.2) is 39.7 Å². The molecule has 1 aliphatic rings. The zero-order valence-electron chi connectivity index (χ0n) is 19.1. The second kappa shape index (κ2) is 8.90. The lowest BCUT2D eigenvalue weighted by Gasteiger charge is -2.16. The Morgan fingerprint density at radius 2 is 1.61 bits per heavy atom. The van der Waals surface area contributed by atoms with E-state index in [1.807, 2.05) is 0 Å². The highest BCUT2D eigenvalue weighted by Gasteiger charge is 2.47. The maximum atomic E-state index is 13.8. The minimum absolute atomic E-state index is 0.0114. The highest BCUT2D eigenvalue weighted by atomic mass is 32.2. The van der Waals surface area contributed by atoms with E-state index >= 15 is 0 Å². The van der Waals surface area contributed by atoms with Crippen LogP contribution < -0.4 is 4.72 Å². The summed E-state index contributed by atoms with van der Waals surface area (Å²) in [5, 5.41) is -0.573. The number of alkyl halides is 3. The molecule has 2 heterocycles. The Bertz CT molecular complexity index is 1890. The maximum absolute atomic E-state index is 13.8. The molecular weight excluding hydrogens is 567 g/mol. The van der Waals surface area contributed by atoms with Crippen LogP contribution in [0.4, 0.5) is 13.2 Å². The summed E-state index contributed by atoms with van der Waals surface area (Å²) < 4.78 is 119. The number of sulfone groups is 1. The third-order valence-electron chi connectivity index (χ3n) is 6.16. The van der Waals surface area contributed by atoms with Gasteiger partial charge >= 0.3 is 15.5 Å². The molecule has 0 saturated heterocycles. The molecule has 0 saturated carbocycles. The van der Waals surface area contributed by atoms with Crippen molar-refractivity contribution in [1.82, 2.24) is 13.7 Å². The number of benzene rings is 2. The van der Waals surface area contributed by atoms with Crippen LogP contribution in [0.3, 0.4) is 0 Å². The summed E-state index contributed by atoms with van der Waals surface area (Å²) in [6.45, 7) is 0. The molecule has 2 aromatic heterocycles. The number of hydrogen-bond acceptors (Lipinski definition) is 7. The van der Waals surface area contributed by atoms with Gasteiger partial charge in [-0.15, -0.1) is 0 Å². The molecule has 2 aromatic carbocycles. The number of hydrogen-bond donors (Lipinski definition) is 1. The number of rotatable bonds is 6. The van der Waals surface area contributed by atoms with Crippen molar-refractivity contribution in [3.63, 3.8) is 0 Å². The van der Waals surface area contributed by atoms with Gasteiger partial charge in [-0.2, -0.15) is 26.3 Å². The zero-order chi connectivity index (χ0) is 27.5. The number of aryl methyl sites for hydroxylation is 1. The molecule has 0 spiro atoms. The second-order valence-electron chi connectivity index (χ2n) is 8.50. The third-order valence-corrected chi connectivity index (χ3v) is 10.8. The Hall–Kier alpha value is -3.27. The van der Waals surface area contributed by atoms with E-state index in [0.29, 0.717) is 14.9 Å². The number of nitrogens with one attached hydrogen (secondary N) is 1. The fourth-order valence-electron chi connectivity index (χ4n) is 4.39. The molecule has 1 unspecified atom stereocenters. The standard InChI is InChI=1S/C23H18F3N3O6S3/c24-23(25,26)38(34,35)28-19-11-8-15-13-17(9-10-18(15)19)36(30,31)22-14-16-5-1-2-6-20(16)29(22)37(32,33)21-7-3-4-12-27-21/h1-7,9-10,12-14,19,28H,8,11H2. The predicted molar refractivity (Wildman–Crippen MR) is 130 cm³/mol. The molecule has 0 aliphatic heterocycles. The summed E-state index contributed by atoms with van der Waals surface area (Å²) >= 11 is 0. The Morgan fingerprint density at radius 1 is 0.895 bits per heavy atom. The fraction of sp³-hybridized carbons (Fsp3) is 0.174. The van der Waals surface area contributed by atoms with E-state index < -0.39 is 46.5 Å². The summed E-state index contributed by atoms with van der Waals surface area (Å²) in [7, 11) is -14.6. The Kier molecular flexibility index (Phi) is 6.17. The molecule has 200 valence electrons. The monoisotopic (exact) mass is 585 g/mol. The molecular formula is C23H18F3N3O6S3. The molecule has 0 radical (unpaired) electrons. The van der Waals surface area contributed by atoms with Crippen molar-refractivity contribution in [1.29, 1.82) is 0 Å². The largest absolute Gasteiger partial charge is 0.511 e. The van der Waals surface area contributed by atoms with E-state index in [9.17, 15) is 38.4 Å². The molecule has 5 rings (SSSR count). The fourth-order valence-corrected chi connectivity index (χ4v) is 8.46. The quantitative estimate of drug-likeness (QED) is 0.366. The molecule has 1 atom stereocenters. The summed E-state index contributed by atoms with van der Waals surface area (Å²) in [5.41, 5.74) is -4.85. The second-order valence-corrected chi connectivity index (χ2v) is 13.8. The molecule has 38 heavy (non-hydrogen) atoms. The predicted octanol–water partition coefficient (Wildman–Crippen LogP) is 3.53. The number of fused-ring (bicyclic) bond motifs is 2. The average molecular weight is 586 g/mol. The van der Waals surface area contributed by atoms with Crippen LogP contribution in [0.5, 0.6) is 0 Å². The number of pyridine rings is 1. The smallest absolute Gasteiger partial charge is 0.243 e. The van der Waals surface area contributed by atoms with Gasteiger partial charge in [0.2, 0.25) is 9.84 Å². The molecule has 0 fully saturated rings. The molecule has 9 nitrogen and oxygen atoms in total. The van der Waals surface area contributed by atoms with Crippen molar-refractivity contribution in [3.05, 3.63) is 84.1 Å². The van der Waals surface area contributed by atoms with E-state index in [2.05, 4.69) is 4.98 Å². The summed E-state index contributed by atoms with van der Waals surface area (Å²) in [4.78, 5) is 3.58. The Morgan fingerprint density at radius 3 is 2.29 bits per heavy atom. The van der Waals surface area contributed by atoms with E-state index in [4.69, 9.17) is 0 Å². The molecule has 1 aliphatic carbocycles. The van der Waals surface area contributed by atoms with E-state index in [1.165, 1.54) is 48.7 Å². The van der Waals surface area contributed by atoms with Gasteiger partial charge in [0, 0.05) is 17.6 Å². The minimum atomic E-state index is -5.61. The van der Waals surface area contributed by atoms with Gasteiger partial charge in [0.05, 0.1) is 10.4 Å². The van der Waals surface area contributed by atoms with Crippen molar-refractivity contribution in [2.75, 3.05) is 0 Å². The molecule has 1 N–H and O–H groups in total. The third kappa shape index (κ3) is 4.28. The van der Waals surface area contributed by atoms with Gasteiger partial charge in [0.25, 0.3) is 10.0 Å². The van der Waals surface area contributed by atoms with Gasteiger partial charge < -0.3 is 0 Å².